The number of hydrogen-bond donors (Lipinski definition) is 1. The molecule has 3 fully saturated rings. The maximum Gasteiger partial charge on any atom is 0.169 e. The van der Waals surface area contributed by atoms with Crippen LogP contribution in [0.4, 0.5) is 0 Å². The second-order valence-electron chi connectivity index (χ2n) is 6.29. The Kier molecular flexibility index (Phi) is 4.80. The average Bonchev–Trinajstić information content (AvgIpc) is 3.13. The minimum absolute atomic E-state index is 0.185. The van der Waals surface area contributed by atoms with Gasteiger partial charge in [-0.15, -0.1) is 0 Å². The lowest BCUT2D eigenvalue weighted by Gasteiger charge is -2.41. The number of nitrogens with one attached hydrogen (secondary N) is 1. The van der Waals surface area contributed by atoms with Crippen molar-refractivity contribution < 1.29 is 13.7 Å². The lowest BCUT2D eigenvalue weighted by Crippen LogP contribution is -2.53. The van der Waals surface area contributed by atoms with E-state index < -0.39 is 16.6 Å². The molecule has 1 N–H and O–H groups in total. The molecule has 1 aliphatic heterocycles. The van der Waals surface area contributed by atoms with E-state index in [9.17, 15) is 4.21 Å². The molecule has 3 aliphatic rings. The second kappa shape index (κ2) is 6.42. The van der Waals surface area contributed by atoms with Gasteiger partial charge >= 0.3 is 0 Å². The maximum absolute atomic E-state index is 13.0. The highest BCUT2D eigenvalue weighted by molar-refractivity contribution is 7.86. The Morgan fingerprint density at radius 3 is 2.55 bits per heavy atom. The molecular weight excluding hydrogens is 274 g/mol. The quantitative estimate of drug-likeness (QED) is 0.862. The Labute approximate surface area is 124 Å². The predicted octanol–water partition coefficient (Wildman–Crippen LogP) is 1.95. The number of ether oxygens (including phenoxy) is 2. The topological polar surface area (TPSA) is 47.6 Å². The van der Waals surface area contributed by atoms with Gasteiger partial charge in [-0.3, -0.25) is 4.21 Å². The zero-order valence-corrected chi connectivity index (χ0v) is 13.3. The van der Waals surface area contributed by atoms with E-state index >= 15 is 0 Å². The first-order valence-corrected chi connectivity index (χ1v) is 9.42. The summed E-state index contributed by atoms with van der Waals surface area (Å²) in [5.41, 5.74) is 0. The van der Waals surface area contributed by atoms with Crippen LogP contribution >= 0.6 is 0 Å². The van der Waals surface area contributed by atoms with Gasteiger partial charge in [0, 0.05) is 34.9 Å². The lowest BCUT2D eigenvalue weighted by atomic mass is 9.89. The normalized spacial score (nSPS) is 35.6. The largest absolute Gasteiger partial charge is 0.347 e. The third-order valence-electron chi connectivity index (χ3n) is 5.01. The van der Waals surface area contributed by atoms with Gasteiger partial charge in [-0.1, -0.05) is 19.8 Å². The van der Waals surface area contributed by atoms with Crippen LogP contribution in [0.1, 0.15) is 51.9 Å². The standard InChI is InChI=1S/C15H27NO3S/c1-2-16-13-7-8-15(18-9-10-19-15)11-14(13)20(17)12-5-3-4-6-12/h12-14,16H,2-11H2,1H3. The van der Waals surface area contributed by atoms with E-state index in [0.29, 0.717) is 24.5 Å². The monoisotopic (exact) mass is 301 g/mol. The Morgan fingerprint density at radius 1 is 1.20 bits per heavy atom. The minimum atomic E-state index is -0.758. The van der Waals surface area contributed by atoms with Crippen LogP contribution in [0, 0.1) is 0 Å². The van der Waals surface area contributed by atoms with Crippen molar-refractivity contribution in [1.29, 1.82) is 0 Å². The fourth-order valence-corrected chi connectivity index (χ4v) is 6.25. The summed E-state index contributed by atoms with van der Waals surface area (Å²) in [7, 11) is -0.758. The van der Waals surface area contributed by atoms with Gasteiger partial charge < -0.3 is 14.8 Å². The summed E-state index contributed by atoms with van der Waals surface area (Å²) >= 11 is 0. The first kappa shape index (κ1) is 14.9. The predicted molar refractivity (Wildman–Crippen MR) is 80.1 cm³/mol. The summed E-state index contributed by atoms with van der Waals surface area (Å²) < 4.78 is 24.7. The van der Waals surface area contributed by atoms with Crippen molar-refractivity contribution in [2.45, 2.75) is 74.2 Å². The second-order valence-corrected chi connectivity index (χ2v) is 8.22. The van der Waals surface area contributed by atoms with E-state index in [4.69, 9.17) is 9.47 Å². The molecule has 0 aromatic carbocycles. The minimum Gasteiger partial charge on any atom is -0.347 e. The van der Waals surface area contributed by atoms with Crippen molar-refractivity contribution in [1.82, 2.24) is 5.32 Å². The van der Waals surface area contributed by atoms with Crippen LogP contribution < -0.4 is 5.32 Å². The first-order chi connectivity index (χ1) is 9.74. The highest BCUT2D eigenvalue weighted by Crippen LogP contribution is 2.39. The summed E-state index contributed by atoms with van der Waals surface area (Å²) in [6, 6.07) is 0.361. The molecule has 3 unspecified atom stereocenters. The molecule has 4 nitrogen and oxygen atoms in total. The SMILES string of the molecule is CCNC1CCC2(CC1S(=O)C1CCCC1)OCCO2. The van der Waals surface area contributed by atoms with Crippen LogP contribution in [-0.4, -0.2) is 46.3 Å². The molecule has 2 aliphatic carbocycles. The van der Waals surface area contributed by atoms with Gasteiger partial charge in [-0.05, 0) is 25.8 Å². The first-order valence-electron chi connectivity index (χ1n) is 8.15. The zero-order chi connectivity index (χ0) is 14.0. The van der Waals surface area contributed by atoms with Gasteiger partial charge in [0.05, 0.1) is 18.5 Å². The van der Waals surface area contributed by atoms with Crippen LogP contribution in [0.5, 0.6) is 0 Å². The molecule has 1 saturated heterocycles. The van der Waals surface area contributed by atoms with Crippen LogP contribution in [0.25, 0.3) is 0 Å². The Balaban J connectivity index is 1.72. The van der Waals surface area contributed by atoms with Crippen molar-refractivity contribution >= 4 is 10.8 Å². The molecule has 1 heterocycles. The van der Waals surface area contributed by atoms with Gasteiger partial charge in [0.15, 0.2) is 5.79 Å². The number of hydrogen-bond acceptors (Lipinski definition) is 4. The molecular formula is C15H27NO3S. The molecule has 1 spiro atoms. The molecule has 5 heteroatoms. The van der Waals surface area contributed by atoms with E-state index in [2.05, 4.69) is 12.2 Å². The molecule has 2 saturated carbocycles. The summed E-state index contributed by atoms with van der Waals surface area (Å²) in [6.45, 7) is 4.45. The molecule has 3 atom stereocenters. The third kappa shape index (κ3) is 2.96. The van der Waals surface area contributed by atoms with Crippen LogP contribution in [0.3, 0.4) is 0 Å². The summed E-state index contributed by atoms with van der Waals surface area (Å²) in [6.07, 6.45) is 7.50. The molecule has 0 aromatic heterocycles. The van der Waals surface area contributed by atoms with Gasteiger partial charge in [-0.25, -0.2) is 0 Å². The fraction of sp³-hybridized carbons (Fsp3) is 1.00. The smallest absolute Gasteiger partial charge is 0.169 e. The van der Waals surface area contributed by atoms with Crippen molar-refractivity contribution in [3.05, 3.63) is 0 Å². The van der Waals surface area contributed by atoms with Gasteiger partial charge in [0.1, 0.15) is 0 Å². The molecule has 0 radical (unpaired) electrons. The zero-order valence-electron chi connectivity index (χ0n) is 12.4. The molecule has 116 valence electrons. The summed E-state index contributed by atoms with van der Waals surface area (Å²) in [5, 5.41) is 4.13. The van der Waals surface area contributed by atoms with Crippen molar-refractivity contribution in [2.24, 2.45) is 0 Å². The van der Waals surface area contributed by atoms with Gasteiger partial charge in [0.25, 0.3) is 0 Å². The Morgan fingerprint density at radius 2 is 1.90 bits per heavy atom. The lowest BCUT2D eigenvalue weighted by molar-refractivity contribution is -0.178. The van der Waals surface area contributed by atoms with E-state index in [1.54, 1.807) is 0 Å². The molecule has 3 rings (SSSR count). The van der Waals surface area contributed by atoms with Crippen LogP contribution in [0.15, 0.2) is 0 Å². The maximum atomic E-state index is 13.0. The van der Waals surface area contributed by atoms with Crippen LogP contribution in [0.2, 0.25) is 0 Å². The van der Waals surface area contributed by atoms with Crippen molar-refractivity contribution in [3.8, 4) is 0 Å². The van der Waals surface area contributed by atoms with Gasteiger partial charge in [-0.2, -0.15) is 0 Å². The molecule has 20 heavy (non-hydrogen) atoms. The van der Waals surface area contributed by atoms with Crippen molar-refractivity contribution in [3.63, 3.8) is 0 Å². The van der Waals surface area contributed by atoms with E-state index in [-0.39, 0.29) is 5.25 Å². The third-order valence-corrected chi connectivity index (χ3v) is 7.23. The highest BCUT2D eigenvalue weighted by atomic mass is 32.2. The molecule has 0 amide bonds. The fourth-order valence-electron chi connectivity index (χ4n) is 3.98. The average molecular weight is 301 g/mol. The van der Waals surface area contributed by atoms with E-state index in [0.717, 1.165) is 38.6 Å². The highest BCUT2D eigenvalue weighted by Gasteiger charge is 2.48. The van der Waals surface area contributed by atoms with E-state index in [1.165, 1.54) is 12.8 Å². The number of rotatable bonds is 4. The Hall–Kier alpha value is 0.0300. The summed E-state index contributed by atoms with van der Waals surface area (Å²) in [4.78, 5) is 0. The summed E-state index contributed by atoms with van der Waals surface area (Å²) in [5.74, 6) is -0.426. The van der Waals surface area contributed by atoms with E-state index in [1.807, 2.05) is 0 Å². The molecule has 0 aromatic rings. The van der Waals surface area contributed by atoms with Gasteiger partial charge in [0.2, 0.25) is 0 Å². The molecule has 0 bridgehead atoms. The Bertz CT molecular complexity index is 351. The van der Waals surface area contributed by atoms with Crippen LogP contribution in [-0.2, 0) is 20.3 Å². The van der Waals surface area contributed by atoms with Crippen molar-refractivity contribution in [2.75, 3.05) is 19.8 Å².